The summed E-state index contributed by atoms with van der Waals surface area (Å²) < 4.78 is 0. The maximum atomic E-state index is 13.1. The Kier molecular flexibility index (Phi) is 6.93. The van der Waals surface area contributed by atoms with Crippen LogP contribution in [0.2, 0.25) is 0 Å². The van der Waals surface area contributed by atoms with Gasteiger partial charge in [0, 0.05) is 58.4 Å². The number of amides is 1. The molecule has 1 atom stereocenters. The van der Waals surface area contributed by atoms with Crippen molar-refractivity contribution in [3.8, 4) is 0 Å². The predicted molar refractivity (Wildman–Crippen MR) is 116 cm³/mol. The van der Waals surface area contributed by atoms with E-state index in [1.54, 1.807) is 0 Å². The molecule has 2 heterocycles. The van der Waals surface area contributed by atoms with E-state index >= 15 is 0 Å². The lowest BCUT2D eigenvalue weighted by Crippen LogP contribution is -2.49. The van der Waals surface area contributed by atoms with E-state index in [1.807, 2.05) is 12.1 Å². The Labute approximate surface area is 174 Å². The van der Waals surface area contributed by atoms with Gasteiger partial charge in [-0.1, -0.05) is 60.7 Å². The summed E-state index contributed by atoms with van der Waals surface area (Å²) >= 11 is 0. The van der Waals surface area contributed by atoms with E-state index in [9.17, 15) is 4.79 Å². The van der Waals surface area contributed by atoms with Crippen LogP contribution in [0.25, 0.3) is 0 Å². The van der Waals surface area contributed by atoms with Crippen molar-refractivity contribution in [2.75, 3.05) is 45.8 Å². The zero-order valence-corrected chi connectivity index (χ0v) is 17.2. The minimum Gasteiger partial charge on any atom is -0.340 e. The third kappa shape index (κ3) is 5.66. The fraction of sp³-hybridized carbons (Fsp3) is 0.458. The highest BCUT2D eigenvalue weighted by molar-refractivity contribution is 5.78. The van der Waals surface area contributed by atoms with Gasteiger partial charge in [-0.3, -0.25) is 14.6 Å². The van der Waals surface area contributed by atoms with Crippen LogP contribution in [0.5, 0.6) is 0 Å². The SMILES string of the molecule is O=C(CN(Cc1ccccc1)Cc1ccccc1)N1CCC(N2CCNCC2)C1. The second-order valence-electron chi connectivity index (χ2n) is 8.18. The highest BCUT2D eigenvalue weighted by Crippen LogP contribution is 2.18. The largest absolute Gasteiger partial charge is 0.340 e. The molecule has 1 unspecified atom stereocenters. The molecule has 4 rings (SSSR count). The molecule has 2 aliphatic rings. The molecule has 5 nitrogen and oxygen atoms in total. The summed E-state index contributed by atoms with van der Waals surface area (Å²) in [7, 11) is 0. The van der Waals surface area contributed by atoms with Crippen molar-refractivity contribution in [3.05, 3.63) is 71.8 Å². The molecule has 1 N–H and O–H groups in total. The van der Waals surface area contributed by atoms with Crippen LogP contribution < -0.4 is 5.32 Å². The first-order chi connectivity index (χ1) is 14.3. The Morgan fingerprint density at radius 2 is 1.48 bits per heavy atom. The van der Waals surface area contributed by atoms with Gasteiger partial charge >= 0.3 is 0 Å². The molecular formula is C24H32N4O. The van der Waals surface area contributed by atoms with Gasteiger partial charge in [-0.15, -0.1) is 0 Å². The van der Waals surface area contributed by atoms with Crippen LogP contribution in [-0.4, -0.2) is 72.5 Å². The number of carbonyl (C=O) groups is 1. The monoisotopic (exact) mass is 392 g/mol. The Balaban J connectivity index is 1.37. The van der Waals surface area contributed by atoms with E-state index in [0.717, 1.165) is 58.8 Å². The van der Waals surface area contributed by atoms with Gasteiger partial charge in [0.2, 0.25) is 5.91 Å². The number of nitrogens with zero attached hydrogens (tertiary/aromatic N) is 3. The van der Waals surface area contributed by atoms with Gasteiger partial charge in [0.25, 0.3) is 0 Å². The highest BCUT2D eigenvalue weighted by Gasteiger charge is 2.31. The smallest absolute Gasteiger partial charge is 0.236 e. The van der Waals surface area contributed by atoms with Crippen LogP contribution in [0.1, 0.15) is 17.5 Å². The number of benzene rings is 2. The second-order valence-corrected chi connectivity index (χ2v) is 8.18. The number of likely N-dealkylation sites (tertiary alicyclic amines) is 1. The predicted octanol–water partition coefficient (Wildman–Crippen LogP) is 2.19. The van der Waals surface area contributed by atoms with Crippen molar-refractivity contribution in [2.45, 2.75) is 25.6 Å². The van der Waals surface area contributed by atoms with Crippen LogP contribution in [0.3, 0.4) is 0 Å². The summed E-state index contributed by atoms with van der Waals surface area (Å²) in [6, 6.07) is 21.4. The summed E-state index contributed by atoms with van der Waals surface area (Å²) in [5.74, 6) is 0.259. The topological polar surface area (TPSA) is 38.8 Å². The Morgan fingerprint density at radius 3 is 2.07 bits per heavy atom. The number of nitrogens with one attached hydrogen (secondary N) is 1. The molecule has 2 saturated heterocycles. The lowest BCUT2D eigenvalue weighted by Gasteiger charge is -2.32. The summed E-state index contributed by atoms with van der Waals surface area (Å²) in [6.45, 7) is 8.13. The number of piperazine rings is 1. The summed E-state index contributed by atoms with van der Waals surface area (Å²) in [5.41, 5.74) is 2.49. The molecule has 0 saturated carbocycles. The molecule has 0 aromatic heterocycles. The molecule has 0 radical (unpaired) electrons. The number of hydrogen-bond donors (Lipinski definition) is 1. The minimum atomic E-state index is 0.259. The van der Waals surface area contributed by atoms with Crippen LogP contribution in [-0.2, 0) is 17.9 Å². The van der Waals surface area contributed by atoms with Gasteiger partial charge < -0.3 is 10.2 Å². The minimum absolute atomic E-state index is 0.259. The van der Waals surface area contributed by atoms with E-state index in [1.165, 1.54) is 11.1 Å². The van der Waals surface area contributed by atoms with Crippen molar-refractivity contribution >= 4 is 5.91 Å². The highest BCUT2D eigenvalue weighted by atomic mass is 16.2. The summed E-state index contributed by atoms with van der Waals surface area (Å²) in [6.07, 6.45) is 1.10. The fourth-order valence-corrected chi connectivity index (χ4v) is 4.46. The zero-order chi connectivity index (χ0) is 19.9. The third-order valence-electron chi connectivity index (χ3n) is 6.04. The lowest BCUT2D eigenvalue weighted by molar-refractivity contribution is -0.131. The van der Waals surface area contributed by atoms with Gasteiger partial charge in [0.05, 0.1) is 6.54 Å². The second kappa shape index (κ2) is 10.0. The van der Waals surface area contributed by atoms with E-state index in [0.29, 0.717) is 12.6 Å². The fourth-order valence-electron chi connectivity index (χ4n) is 4.46. The average Bonchev–Trinajstić information content (AvgIpc) is 3.26. The molecule has 0 bridgehead atoms. The normalized spacial score (nSPS) is 20.3. The van der Waals surface area contributed by atoms with Crippen LogP contribution in [0, 0.1) is 0 Å². The molecule has 29 heavy (non-hydrogen) atoms. The first-order valence-electron chi connectivity index (χ1n) is 10.8. The zero-order valence-electron chi connectivity index (χ0n) is 17.2. The van der Waals surface area contributed by atoms with Gasteiger partial charge in [-0.05, 0) is 17.5 Å². The maximum absolute atomic E-state index is 13.1. The first-order valence-corrected chi connectivity index (χ1v) is 10.8. The molecule has 2 aromatic carbocycles. The number of rotatable bonds is 7. The number of carbonyl (C=O) groups excluding carboxylic acids is 1. The van der Waals surface area contributed by atoms with Gasteiger partial charge in [-0.2, -0.15) is 0 Å². The molecule has 1 amide bonds. The molecule has 2 fully saturated rings. The molecule has 5 heteroatoms. The van der Waals surface area contributed by atoms with Gasteiger partial charge in [0.1, 0.15) is 0 Å². The molecule has 2 aliphatic heterocycles. The number of hydrogen-bond acceptors (Lipinski definition) is 4. The Bertz CT molecular complexity index is 719. The third-order valence-corrected chi connectivity index (χ3v) is 6.04. The van der Waals surface area contributed by atoms with Crippen molar-refractivity contribution < 1.29 is 4.79 Å². The van der Waals surface area contributed by atoms with E-state index in [4.69, 9.17) is 0 Å². The first kappa shape index (κ1) is 20.1. The van der Waals surface area contributed by atoms with Crippen molar-refractivity contribution in [1.82, 2.24) is 20.0 Å². The molecule has 154 valence electrons. The van der Waals surface area contributed by atoms with Gasteiger partial charge in [-0.25, -0.2) is 0 Å². The molecule has 0 aliphatic carbocycles. The van der Waals surface area contributed by atoms with E-state index in [-0.39, 0.29) is 5.91 Å². The van der Waals surface area contributed by atoms with Crippen LogP contribution in [0.4, 0.5) is 0 Å². The van der Waals surface area contributed by atoms with Crippen LogP contribution >= 0.6 is 0 Å². The maximum Gasteiger partial charge on any atom is 0.236 e. The molecule has 2 aromatic rings. The van der Waals surface area contributed by atoms with E-state index in [2.05, 4.69) is 68.5 Å². The van der Waals surface area contributed by atoms with Crippen molar-refractivity contribution in [2.24, 2.45) is 0 Å². The van der Waals surface area contributed by atoms with Crippen LogP contribution in [0.15, 0.2) is 60.7 Å². The van der Waals surface area contributed by atoms with Gasteiger partial charge in [0.15, 0.2) is 0 Å². The summed E-state index contributed by atoms with van der Waals surface area (Å²) in [4.78, 5) is 20.0. The summed E-state index contributed by atoms with van der Waals surface area (Å²) in [5, 5.41) is 3.42. The molecular weight excluding hydrogens is 360 g/mol. The van der Waals surface area contributed by atoms with E-state index < -0.39 is 0 Å². The molecule has 0 spiro atoms. The van der Waals surface area contributed by atoms with Crippen molar-refractivity contribution in [1.29, 1.82) is 0 Å². The quantitative estimate of drug-likeness (QED) is 0.784. The Morgan fingerprint density at radius 1 is 0.897 bits per heavy atom. The average molecular weight is 393 g/mol. The Hall–Kier alpha value is -2.21. The van der Waals surface area contributed by atoms with Crippen molar-refractivity contribution in [3.63, 3.8) is 0 Å². The lowest BCUT2D eigenvalue weighted by atomic mass is 10.1. The standard InChI is InChI=1S/C24H32N4O/c29-24(28-14-11-23(19-28)27-15-12-25-13-16-27)20-26(17-21-7-3-1-4-8-21)18-22-9-5-2-6-10-22/h1-10,23,25H,11-20H2.